The predicted molar refractivity (Wildman–Crippen MR) is 81.8 cm³/mol. The van der Waals surface area contributed by atoms with E-state index in [1.165, 1.54) is 19.4 Å². The number of hydrogen-bond donors (Lipinski definition) is 1. The minimum Gasteiger partial charge on any atom is -0.353 e. The first-order valence-electron chi connectivity index (χ1n) is 8.10. The normalized spacial score (nSPS) is 26.6. The van der Waals surface area contributed by atoms with Crippen LogP contribution in [0.25, 0.3) is 0 Å². The molecule has 1 amide bonds. The predicted octanol–water partition coefficient (Wildman–Crippen LogP) is 0.224. The summed E-state index contributed by atoms with van der Waals surface area (Å²) >= 11 is 0. The van der Waals surface area contributed by atoms with Gasteiger partial charge in [0.2, 0.25) is 5.91 Å². The molecule has 116 valence electrons. The van der Waals surface area contributed by atoms with Gasteiger partial charge in [-0.3, -0.25) is 14.6 Å². The van der Waals surface area contributed by atoms with Crippen molar-refractivity contribution < 1.29 is 4.79 Å². The highest BCUT2D eigenvalue weighted by Crippen LogP contribution is 2.15. The Labute approximate surface area is 123 Å². The summed E-state index contributed by atoms with van der Waals surface area (Å²) in [4.78, 5) is 19.2. The lowest BCUT2D eigenvalue weighted by Crippen LogP contribution is -2.44. The molecule has 2 heterocycles. The second-order valence-electron chi connectivity index (χ2n) is 6.16. The lowest BCUT2D eigenvalue weighted by molar-refractivity contribution is -0.122. The topological polar surface area (TPSA) is 38.8 Å². The fraction of sp³-hybridized carbons (Fsp3) is 0.933. The van der Waals surface area contributed by atoms with Crippen molar-refractivity contribution in [3.05, 3.63) is 0 Å². The van der Waals surface area contributed by atoms with Crippen LogP contribution in [0.5, 0.6) is 0 Å². The highest BCUT2D eigenvalue weighted by molar-refractivity contribution is 5.78. The number of likely N-dealkylation sites (N-methyl/N-ethyl adjacent to an activating group) is 2. The lowest BCUT2D eigenvalue weighted by Gasteiger charge is -2.24. The lowest BCUT2D eigenvalue weighted by atomic mass is 10.2. The molecule has 2 fully saturated rings. The summed E-state index contributed by atoms with van der Waals surface area (Å²) in [7, 11) is 2.16. The first kappa shape index (κ1) is 15.7. The maximum atomic E-state index is 12.1. The number of carbonyl (C=O) groups excluding carboxylic acids is 1. The summed E-state index contributed by atoms with van der Waals surface area (Å²) in [5, 5.41) is 3.13. The molecule has 2 saturated heterocycles. The van der Waals surface area contributed by atoms with Crippen LogP contribution in [0.2, 0.25) is 0 Å². The number of hydrogen-bond acceptors (Lipinski definition) is 4. The van der Waals surface area contributed by atoms with Gasteiger partial charge in [-0.05, 0) is 52.5 Å². The zero-order chi connectivity index (χ0) is 14.4. The Hall–Kier alpha value is -0.650. The van der Waals surface area contributed by atoms with Gasteiger partial charge in [-0.2, -0.15) is 0 Å². The molecule has 0 aromatic carbocycles. The first-order chi connectivity index (χ1) is 9.69. The van der Waals surface area contributed by atoms with Crippen molar-refractivity contribution in [2.24, 2.45) is 0 Å². The number of nitrogens with one attached hydrogen (secondary N) is 1. The average molecular weight is 282 g/mol. The highest BCUT2D eigenvalue weighted by Gasteiger charge is 2.23. The largest absolute Gasteiger partial charge is 0.353 e. The second-order valence-corrected chi connectivity index (χ2v) is 6.16. The summed E-state index contributed by atoms with van der Waals surface area (Å²) in [5.41, 5.74) is 0. The fourth-order valence-electron chi connectivity index (χ4n) is 3.29. The number of nitrogens with zero attached hydrogens (tertiary/aromatic N) is 3. The van der Waals surface area contributed by atoms with E-state index in [-0.39, 0.29) is 5.91 Å². The van der Waals surface area contributed by atoms with Crippen molar-refractivity contribution >= 4 is 5.91 Å². The SMILES string of the molecule is CCN1CCC[C@H]1CNC(=O)CN1CCCN(C)CC1. The van der Waals surface area contributed by atoms with Crippen molar-refractivity contribution in [3.63, 3.8) is 0 Å². The molecular weight excluding hydrogens is 252 g/mol. The average Bonchev–Trinajstić information content (AvgIpc) is 2.80. The quantitative estimate of drug-likeness (QED) is 0.783. The summed E-state index contributed by atoms with van der Waals surface area (Å²) in [6.07, 6.45) is 3.66. The van der Waals surface area contributed by atoms with Crippen molar-refractivity contribution in [3.8, 4) is 0 Å². The van der Waals surface area contributed by atoms with E-state index in [0.717, 1.165) is 45.7 Å². The first-order valence-corrected chi connectivity index (χ1v) is 8.10. The fourth-order valence-corrected chi connectivity index (χ4v) is 3.29. The van der Waals surface area contributed by atoms with Crippen LogP contribution in [-0.2, 0) is 4.79 Å². The van der Waals surface area contributed by atoms with Crippen LogP contribution in [0.4, 0.5) is 0 Å². The van der Waals surface area contributed by atoms with E-state index in [1.54, 1.807) is 0 Å². The van der Waals surface area contributed by atoms with E-state index >= 15 is 0 Å². The maximum Gasteiger partial charge on any atom is 0.234 e. The maximum absolute atomic E-state index is 12.1. The molecular formula is C15H30N4O. The van der Waals surface area contributed by atoms with E-state index in [2.05, 4.69) is 34.0 Å². The van der Waals surface area contributed by atoms with Gasteiger partial charge in [0.25, 0.3) is 0 Å². The minimum absolute atomic E-state index is 0.192. The van der Waals surface area contributed by atoms with Crippen LogP contribution in [0.1, 0.15) is 26.2 Å². The van der Waals surface area contributed by atoms with Crippen molar-refractivity contribution in [1.82, 2.24) is 20.0 Å². The zero-order valence-electron chi connectivity index (χ0n) is 13.1. The Kier molecular flexibility index (Phi) is 6.26. The third kappa shape index (κ3) is 4.72. The van der Waals surface area contributed by atoms with Crippen molar-refractivity contribution in [2.45, 2.75) is 32.2 Å². The Morgan fingerprint density at radius 3 is 2.80 bits per heavy atom. The molecule has 0 radical (unpaired) electrons. The molecule has 0 spiro atoms. The van der Waals surface area contributed by atoms with Gasteiger partial charge in [0.15, 0.2) is 0 Å². The molecule has 0 aliphatic carbocycles. The number of likely N-dealkylation sites (tertiary alicyclic amines) is 1. The number of rotatable bonds is 5. The third-order valence-electron chi connectivity index (χ3n) is 4.62. The van der Waals surface area contributed by atoms with Gasteiger partial charge in [0.05, 0.1) is 6.54 Å². The van der Waals surface area contributed by atoms with Gasteiger partial charge in [-0.1, -0.05) is 6.92 Å². The molecule has 0 unspecified atom stereocenters. The Morgan fingerprint density at radius 1 is 1.15 bits per heavy atom. The van der Waals surface area contributed by atoms with Gasteiger partial charge < -0.3 is 10.2 Å². The van der Waals surface area contributed by atoms with Crippen LogP contribution >= 0.6 is 0 Å². The summed E-state index contributed by atoms with van der Waals surface area (Å²) < 4.78 is 0. The number of carbonyl (C=O) groups is 1. The zero-order valence-corrected chi connectivity index (χ0v) is 13.1. The van der Waals surface area contributed by atoms with Gasteiger partial charge in [-0.25, -0.2) is 0 Å². The molecule has 5 heteroatoms. The third-order valence-corrected chi connectivity index (χ3v) is 4.62. The molecule has 0 aromatic rings. The van der Waals surface area contributed by atoms with Crippen molar-refractivity contribution in [2.75, 3.05) is 59.4 Å². The van der Waals surface area contributed by atoms with E-state index in [9.17, 15) is 4.79 Å². The van der Waals surface area contributed by atoms with Crippen LogP contribution in [-0.4, -0.2) is 86.1 Å². The molecule has 5 nitrogen and oxygen atoms in total. The molecule has 20 heavy (non-hydrogen) atoms. The van der Waals surface area contributed by atoms with Crippen LogP contribution < -0.4 is 5.32 Å². The molecule has 1 N–H and O–H groups in total. The summed E-state index contributed by atoms with van der Waals surface area (Å²) in [5.74, 6) is 0.192. The number of amides is 1. The molecule has 0 saturated carbocycles. The van der Waals surface area contributed by atoms with E-state index < -0.39 is 0 Å². The van der Waals surface area contributed by atoms with Gasteiger partial charge in [0, 0.05) is 25.7 Å². The van der Waals surface area contributed by atoms with E-state index in [0.29, 0.717) is 12.6 Å². The van der Waals surface area contributed by atoms with Gasteiger partial charge in [0.1, 0.15) is 0 Å². The Bertz CT molecular complexity index is 310. The van der Waals surface area contributed by atoms with Crippen LogP contribution in [0, 0.1) is 0 Å². The molecule has 0 bridgehead atoms. The van der Waals surface area contributed by atoms with Gasteiger partial charge >= 0.3 is 0 Å². The van der Waals surface area contributed by atoms with Crippen LogP contribution in [0.3, 0.4) is 0 Å². The van der Waals surface area contributed by atoms with Crippen LogP contribution in [0.15, 0.2) is 0 Å². The molecule has 2 aliphatic heterocycles. The summed E-state index contributed by atoms with van der Waals surface area (Å²) in [6, 6.07) is 0.555. The Balaban J connectivity index is 1.67. The van der Waals surface area contributed by atoms with E-state index in [4.69, 9.17) is 0 Å². The highest BCUT2D eigenvalue weighted by atomic mass is 16.2. The second kappa shape index (κ2) is 7.96. The smallest absolute Gasteiger partial charge is 0.234 e. The Morgan fingerprint density at radius 2 is 2.00 bits per heavy atom. The van der Waals surface area contributed by atoms with Crippen molar-refractivity contribution in [1.29, 1.82) is 0 Å². The molecule has 0 aromatic heterocycles. The minimum atomic E-state index is 0.192. The van der Waals surface area contributed by atoms with Gasteiger partial charge in [-0.15, -0.1) is 0 Å². The molecule has 2 aliphatic rings. The monoisotopic (exact) mass is 282 g/mol. The standard InChI is InChI=1S/C15H30N4O/c1-3-19-9-4-6-14(19)12-16-15(20)13-18-8-5-7-17(2)10-11-18/h14H,3-13H2,1-2H3,(H,16,20)/t14-/m0/s1. The molecule has 2 rings (SSSR count). The molecule has 1 atom stereocenters. The summed E-state index contributed by atoms with van der Waals surface area (Å²) in [6.45, 7) is 10.1. The van der Waals surface area contributed by atoms with E-state index in [1.807, 2.05) is 0 Å².